The highest BCUT2D eigenvalue weighted by Gasteiger charge is 2.56. The topological polar surface area (TPSA) is 131 Å². The van der Waals surface area contributed by atoms with Crippen LogP contribution in [0.4, 0.5) is 0 Å². The average molecular weight is 299 g/mol. The number of hydrogen-bond donors (Lipinski definition) is 2. The van der Waals surface area contributed by atoms with Gasteiger partial charge >= 0.3 is 7.94 Å². The molecule has 0 saturated carbocycles. The van der Waals surface area contributed by atoms with Gasteiger partial charge < -0.3 is 19.6 Å². The van der Waals surface area contributed by atoms with Crippen LogP contribution in [0.5, 0.6) is 5.75 Å². The van der Waals surface area contributed by atoms with Crippen LogP contribution in [0.3, 0.4) is 0 Å². The van der Waals surface area contributed by atoms with Gasteiger partial charge in [-0.05, 0) is 24.6 Å². The quantitative estimate of drug-likeness (QED) is 0.371. The van der Waals surface area contributed by atoms with Crippen molar-refractivity contribution in [2.75, 3.05) is 0 Å². The number of hydrogen-bond acceptors (Lipinski definition) is 6. The van der Waals surface area contributed by atoms with E-state index in [1.807, 2.05) is 0 Å². The largest absolute Gasteiger partial charge is 0.622 e. The summed E-state index contributed by atoms with van der Waals surface area (Å²) in [5, 5.41) is 23.2. The van der Waals surface area contributed by atoms with E-state index in [4.69, 9.17) is 14.6 Å². The first-order chi connectivity index (χ1) is 9.48. The lowest BCUT2D eigenvalue weighted by atomic mass is 10.1. The molecule has 1 saturated heterocycles. The lowest BCUT2D eigenvalue weighted by molar-refractivity contribution is -0.238. The van der Waals surface area contributed by atoms with Gasteiger partial charge in [0.25, 0.3) is 0 Å². The zero-order chi connectivity index (χ0) is 14.8. The second-order valence-electron chi connectivity index (χ2n) is 4.35. The first kappa shape index (κ1) is 15.0. The lowest BCUT2D eigenvalue weighted by Gasteiger charge is -2.42. The molecular weight excluding hydrogens is 285 g/mol. The molecule has 0 radical (unpaired) electrons. The summed E-state index contributed by atoms with van der Waals surface area (Å²) in [5.41, 5.74) is 8.42. The summed E-state index contributed by atoms with van der Waals surface area (Å²) in [5.74, 6) is -1.54. The van der Waals surface area contributed by atoms with Gasteiger partial charge in [-0.25, -0.2) is 0 Å². The van der Waals surface area contributed by atoms with Crippen LogP contribution in [0.15, 0.2) is 35.4 Å². The van der Waals surface area contributed by atoms with Crippen molar-refractivity contribution in [2.24, 2.45) is 5.11 Å². The fourth-order valence-corrected chi connectivity index (χ4v) is 3.75. The Labute approximate surface area is 115 Å². The summed E-state index contributed by atoms with van der Waals surface area (Å²) in [6.07, 6.45) is -2.37. The fraction of sp³-hybridized carbons (Fsp3) is 0.455. The molecule has 1 fully saturated rings. The maximum Gasteiger partial charge on any atom is 0.317 e. The van der Waals surface area contributed by atoms with Crippen LogP contribution < -0.4 is 9.42 Å². The van der Waals surface area contributed by atoms with Crippen LogP contribution in [-0.2, 0) is 4.52 Å². The van der Waals surface area contributed by atoms with E-state index < -0.39 is 32.0 Å². The maximum atomic E-state index is 12.5. The smallest absolute Gasteiger partial charge is 0.317 e. The predicted molar refractivity (Wildman–Crippen MR) is 69.5 cm³/mol. The summed E-state index contributed by atoms with van der Waals surface area (Å²) >= 11 is 0. The molecule has 9 heteroatoms. The summed E-state index contributed by atoms with van der Waals surface area (Å²) < 4.78 is 10.4. The first-order valence-electron chi connectivity index (χ1n) is 5.91. The summed E-state index contributed by atoms with van der Waals surface area (Å²) in [7, 11) is -3.98. The third kappa shape index (κ3) is 2.86. The molecule has 1 heterocycles. The molecule has 5 atom stereocenters. The lowest BCUT2D eigenvalue weighted by Crippen LogP contribution is -2.53. The molecule has 1 aliphatic heterocycles. The molecular formula is C11H14N3O5P. The highest BCUT2D eigenvalue weighted by Crippen LogP contribution is 2.61. The van der Waals surface area contributed by atoms with Crippen LogP contribution in [0.1, 0.15) is 6.92 Å². The zero-order valence-corrected chi connectivity index (χ0v) is 11.5. The molecule has 20 heavy (non-hydrogen) atoms. The van der Waals surface area contributed by atoms with E-state index in [1.165, 1.54) is 6.92 Å². The van der Waals surface area contributed by atoms with E-state index in [1.54, 1.807) is 30.3 Å². The van der Waals surface area contributed by atoms with Crippen LogP contribution in [0.25, 0.3) is 10.4 Å². The average Bonchev–Trinajstić information content (AvgIpc) is 2.42. The first-order valence-corrected chi connectivity index (χ1v) is 7.52. The zero-order valence-electron chi connectivity index (χ0n) is 10.6. The van der Waals surface area contributed by atoms with E-state index in [-0.39, 0.29) is 5.75 Å². The Bertz CT molecular complexity index is 512. The predicted octanol–water partition coefficient (Wildman–Crippen LogP) is 0.965. The Morgan fingerprint density at radius 2 is 2.05 bits per heavy atom. The molecule has 0 aromatic heterocycles. The van der Waals surface area contributed by atoms with Crippen molar-refractivity contribution < 1.29 is 24.2 Å². The summed E-state index contributed by atoms with van der Waals surface area (Å²) in [4.78, 5) is 15.1. The SMILES string of the molecule is C[C@@H]1O[P+]([O-])(Oc2ccccc2)[C@@H](O)[C@@H](O)[C@@H]1N=[N+]=[N-]. The molecule has 1 aromatic rings. The van der Waals surface area contributed by atoms with Crippen molar-refractivity contribution in [2.45, 2.75) is 31.0 Å². The highest BCUT2D eigenvalue weighted by molar-refractivity contribution is 7.60. The monoisotopic (exact) mass is 299 g/mol. The minimum absolute atomic E-state index is 0.247. The second-order valence-corrected chi connectivity index (χ2v) is 6.36. The van der Waals surface area contributed by atoms with E-state index in [2.05, 4.69) is 10.0 Å². The normalized spacial score (nSPS) is 37.0. The fourth-order valence-electron chi connectivity index (χ4n) is 1.92. The van der Waals surface area contributed by atoms with E-state index in [9.17, 15) is 15.1 Å². The van der Waals surface area contributed by atoms with Crippen LogP contribution >= 0.6 is 7.94 Å². The number of para-hydroxylation sites is 1. The van der Waals surface area contributed by atoms with E-state index >= 15 is 0 Å². The molecule has 1 aliphatic rings. The molecule has 0 spiro atoms. The van der Waals surface area contributed by atoms with Gasteiger partial charge in [-0.2, -0.15) is 4.52 Å². The van der Waals surface area contributed by atoms with Gasteiger partial charge in [-0.3, -0.25) is 0 Å². The minimum atomic E-state index is -3.98. The number of aliphatic hydroxyl groups excluding tert-OH is 2. The second kappa shape index (κ2) is 5.93. The molecule has 0 amide bonds. The molecule has 2 rings (SSSR count). The van der Waals surface area contributed by atoms with Gasteiger partial charge in [-0.1, -0.05) is 23.3 Å². The Hall–Kier alpha value is -1.40. The van der Waals surface area contributed by atoms with Crippen LogP contribution in [0.2, 0.25) is 0 Å². The molecule has 108 valence electrons. The van der Waals surface area contributed by atoms with Crippen molar-refractivity contribution in [3.63, 3.8) is 0 Å². The van der Waals surface area contributed by atoms with E-state index in [0.717, 1.165) is 0 Å². The van der Waals surface area contributed by atoms with Crippen molar-refractivity contribution in [3.05, 3.63) is 40.8 Å². The summed E-state index contributed by atoms with van der Waals surface area (Å²) in [6, 6.07) is 7.15. The van der Waals surface area contributed by atoms with Gasteiger partial charge in [0.2, 0.25) is 5.85 Å². The number of benzene rings is 1. The van der Waals surface area contributed by atoms with Crippen molar-refractivity contribution >= 4 is 7.94 Å². The number of nitrogens with zero attached hydrogens (tertiary/aromatic N) is 3. The van der Waals surface area contributed by atoms with E-state index in [0.29, 0.717) is 0 Å². The van der Waals surface area contributed by atoms with Gasteiger partial charge in [0.05, 0.1) is 0 Å². The van der Waals surface area contributed by atoms with Crippen molar-refractivity contribution in [3.8, 4) is 5.75 Å². The van der Waals surface area contributed by atoms with Crippen molar-refractivity contribution in [1.82, 2.24) is 0 Å². The van der Waals surface area contributed by atoms with Gasteiger partial charge in [-0.15, -0.1) is 0 Å². The molecule has 0 aliphatic carbocycles. The molecule has 1 aromatic carbocycles. The summed E-state index contributed by atoms with van der Waals surface area (Å²) in [6.45, 7) is 1.48. The van der Waals surface area contributed by atoms with Gasteiger partial charge in [0.15, 0.2) is 5.75 Å². The van der Waals surface area contributed by atoms with Crippen molar-refractivity contribution in [1.29, 1.82) is 0 Å². The van der Waals surface area contributed by atoms with Crippen LogP contribution in [-0.4, -0.2) is 34.3 Å². The number of azide groups is 1. The molecule has 1 unspecified atom stereocenters. The maximum absolute atomic E-state index is 12.5. The Kier molecular flexibility index (Phi) is 4.45. The third-order valence-corrected chi connectivity index (χ3v) is 4.98. The third-order valence-electron chi connectivity index (χ3n) is 2.93. The Morgan fingerprint density at radius 1 is 1.40 bits per heavy atom. The number of rotatable bonds is 3. The van der Waals surface area contributed by atoms with Gasteiger partial charge in [0, 0.05) is 4.91 Å². The standard InChI is InChI=1S/C11H14N3O5P/c1-7-9(13-14-12)10(15)11(16)20(17,18-7)19-8-5-3-2-4-6-8/h2-7,9-11,15-16H,1H3/t7-,9+,10-,11+,20?/m0/s1. The molecule has 0 bridgehead atoms. The highest BCUT2D eigenvalue weighted by atomic mass is 31.2. The Morgan fingerprint density at radius 3 is 2.65 bits per heavy atom. The van der Waals surface area contributed by atoms with Gasteiger partial charge in [0.1, 0.15) is 18.2 Å². The molecule has 8 nitrogen and oxygen atoms in total. The van der Waals surface area contributed by atoms with Crippen LogP contribution in [0, 0.1) is 0 Å². The Balaban J connectivity index is 2.22. The minimum Gasteiger partial charge on any atom is -0.622 e. The molecule has 2 N–H and O–H groups in total. The number of aliphatic hydroxyl groups is 2.